The van der Waals surface area contributed by atoms with Crippen LogP contribution in [0.5, 0.6) is 0 Å². The lowest BCUT2D eigenvalue weighted by atomic mass is 9.87. The molecule has 3 N–H and O–H groups in total. The van der Waals surface area contributed by atoms with Crippen LogP contribution in [0.4, 0.5) is 0 Å². The Hall–Kier alpha value is -0.650. The summed E-state index contributed by atoms with van der Waals surface area (Å²) in [6.07, 6.45) is 4.34. The molecule has 0 aliphatic heterocycles. The Morgan fingerprint density at radius 3 is 2.71 bits per heavy atom. The van der Waals surface area contributed by atoms with Gasteiger partial charge in [-0.3, -0.25) is 4.79 Å². The van der Waals surface area contributed by atoms with Gasteiger partial charge in [-0.2, -0.15) is 0 Å². The van der Waals surface area contributed by atoms with E-state index in [4.69, 9.17) is 4.74 Å². The summed E-state index contributed by atoms with van der Waals surface area (Å²) in [5.41, 5.74) is -0.0673. The van der Waals surface area contributed by atoms with Gasteiger partial charge in [-0.15, -0.1) is 0 Å². The van der Waals surface area contributed by atoms with E-state index in [1.165, 1.54) is 0 Å². The average Bonchev–Trinajstić information content (AvgIpc) is 2.82. The third-order valence-electron chi connectivity index (χ3n) is 3.43. The number of nitrogens with one attached hydrogen (secondary N) is 2. The van der Waals surface area contributed by atoms with E-state index >= 15 is 0 Å². The number of amides is 1. The van der Waals surface area contributed by atoms with E-state index in [2.05, 4.69) is 10.6 Å². The number of carbonyl (C=O) groups is 1. The number of hydrogen-bond acceptors (Lipinski definition) is 4. The first-order valence-electron chi connectivity index (χ1n) is 6.30. The second kappa shape index (κ2) is 7.63. The smallest absolute Gasteiger partial charge is 0.233 e. The third-order valence-corrected chi connectivity index (χ3v) is 3.43. The number of rotatable bonds is 8. The van der Waals surface area contributed by atoms with Gasteiger partial charge in [0.1, 0.15) is 0 Å². The maximum absolute atomic E-state index is 11.5. The highest BCUT2D eigenvalue weighted by Gasteiger charge is 2.33. The van der Waals surface area contributed by atoms with Crippen molar-refractivity contribution < 1.29 is 14.6 Å². The second-order valence-electron chi connectivity index (χ2n) is 4.81. The minimum Gasteiger partial charge on any atom is -0.396 e. The molecule has 0 spiro atoms. The zero-order valence-electron chi connectivity index (χ0n) is 10.6. The van der Waals surface area contributed by atoms with Crippen LogP contribution in [0, 0.1) is 5.41 Å². The number of hydrogen-bond donors (Lipinski definition) is 3. The predicted octanol–water partition coefficient (Wildman–Crippen LogP) is -0.109. The van der Waals surface area contributed by atoms with Crippen molar-refractivity contribution in [1.29, 1.82) is 0 Å². The first-order chi connectivity index (χ1) is 8.22. The maximum atomic E-state index is 11.5. The van der Waals surface area contributed by atoms with Gasteiger partial charge in [0.15, 0.2) is 0 Å². The summed E-state index contributed by atoms with van der Waals surface area (Å²) in [4.78, 5) is 11.5. The molecule has 1 rings (SSSR count). The molecule has 1 saturated carbocycles. The van der Waals surface area contributed by atoms with Crippen LogP contribution in [-0.4, -0.2) is 51.0 Å². The van der Waals surface area contributed by atoms with Gasteiger partial charge in [-0.1, -0.05) is 12.8 Å². The van der Waals surface area contributed by atoms with E-state index in [-0.39, 0.29) is 17.9 Å². The molecule has 5 heteroatoms. The Morgan fingerprint density at radius 1 is 1.41 bits per heavy atom. The van der Waals surface area contributed by atoms with E-state index in [9.17, 15) is 9.90 Å². The number of aliphatic hydroxyl groups excluding tert-OH is 1. The fraction of sp³-hybridized carbons (Fsp3) is 0.917. The minimum atomic E-state index is -0.0673. The topological polar surface area (TPSA) is 70.6 Å². The third kappa shape index (κ3) is 5.02. The fourth-order valence-electron chi connectivity index (χ4n) is 2.24. The summed E-state index contributed by atoms with van der Waals surface area (Å²) in [7, 11) is 1.63. The summed E-state index contributed by atoms with van der Waals surface area (Å²) >= 11 is 0. The Kier molecular flexibility index (Phi) is 6.47. The van der Waals surface area contributed by atoms with Crippen LogP contribution in [0.3, 0.4) is 0 Å². The minimum absolute atomic E-state index is 0.0131. The van der Waals surface area contributed by atoms with E-state index < -0.39 is 0 Å². The first-order valence-corrected chi connectivity index (χ1v) is 6.30. The number of ether oxygens (including phenoxy) is 1. The van der Waals surface area contributed by atoms with Gasteiger partial charge < -0.3 is 20.5 Å². The standard InChI is InChI=1S/C12H24N2O3/c1-17-7-6-13-8-11(16)14-9-12(10-15)4-2-3-5-12/h13,15H,2-10H2,1H3,(H,14,16). The zero-order valence-corrected chi connectivity index (χ0v) is 10.6. The van der Waals surface area contributed by atoms with E-state index in [0.717, 1.165) is 25.7 Å². The second-order valence-corrected chi connectivity index (χ2v) is 4.81. The molecular weight excluding hydrogens is 220 g/mol. The van der Waals surface area contributed by atoms with Crippen molar-refractivity contribution in [3.05, 3.63) is 0 Å². The number of methoxy groups -OCH3 is 1. The Balaban J connectivity index is 2.14. The summed E-state index contributed by atoms with van der Waals surface area (Å²) < 4.78 is 4.87. The number of aliphatic hydroxyl groups is 1. The maximum Gasteiger partial charge on any atom is 0.233 e. The van der Waals surface area contributed by atoms with Crippen LogP contribution >= 0.6 is 0 Å². The molecular formula is C12H24N2O3. The van der Waals surface area contributed by atoms with E-state index in [1.807, 2.05) is 0 Å². The molecule has 0 aromatic heterocycles. The highest BCUT2D eigenvalue weighted by atomic mass is 16.5. The lowest BCUT2D eigenvalue weighted by Gasteiger charge is -2.26. The van der Waals surface area contributed by atoms with Gasteiger partial charge in [0.2, 0.25) is 5.91 Å². The van der Waals surface area contributed by atoms with Crippen molar-refractivity contribution in [2.75, 3.05) is 40.0 Å². The molecule has 0 unspecified atom stereocenters. The van der Waals surface area contributed by atoms with Crippen molar-refractivity contribution in [1.82, 2.24) is 10.6 Å². The molecule has 0 heterocycles. The van der Waals surface area contributed by atoms with Gasteiger partial charge >= 0.3 is 0 Å². The molecule has 1 fully saturated rings. The summed E-state index contributed by atoms with van der Waals surface area (Å²) in [6.45, 7) is 2.35. The Labute approximate surface area is 103 Å². The fourth-order valence-corrected chi connectivity index (χ4v) is 2.24. The molecule has 0 radical (unpaired) electrons. The van der Waals surface area contributed by atoms with E-state index in [1.54, 1.807) is 7.11 Å². The molecule has 17 heavy (non-hydrogen) atoms. The lowest BCUT2D eigenvalue weighted by molar-refractivity contribution is -0.120. The van der Waals surface area contributed by atoms with Gasteiger partial charge in [-0.05, 0) is 12.8 Å². The Bertz CT molecular complexity index is 228. The van der Waals surface area contributed by atoms with Crippen molar-refractivity contribution >= 4 is 5.91 Å². The Morgan fingerprint density at radius 2 is 2.12 bits per heavy atom. The summed E-state index contributed by atoms with van der Waals surface area (Å²) in [5, 5.41) is 15.3. The van der Waals surface area contributed by atoms with Crippen molar-refractivity contribution in [3.8, 4) is 0 Å². The largest absolute Gasteiger partial charge is 0.396 e. The molecule has 0 bridgehead atoms. The van der Waals surface area contributed by atoms with Crippen LogP contribution < -0.4 is 10.6 Å². The van der Waals surface area contributed by atoms with Gasteiger partial charge in [0, 0.05) is 25.6 Å². The molecule has 0 atom stereocenters. The monoisotopic (exact) mass is 244 g/mol. The first kappa shape index (κ1) is 14.4. The SMILES string of the molecule is COCCNCC(=O)NCC1(CO)CCCC1. The molecule has 5 nitrogen and oxygen atoms in total. The van der Waals surface area contributed by atoms with Gasteiger partial charge in [0.25, 0.3) is 0 Å². The number of carbonyl (C=O) groups excluding carboxylic acids is 1. The molecule has 100 valence electrons. The van der Waals surface area contributed by atoms with E-state index in [0.29, 0.717) is 26.2 Å². The van der Waals surface area contributed by atoms with Crippen LogP contribution in [0.1, 0.15) is 25.7 Å². The van der Waals surface area contributed by atoms with Crippen molar-refractivity contribution in [2.45, 2.75) is 25.7 Å². The molecule has 0 saturated heterocycles. The highest BCUT2D eigenvalue weighted by Crippen LogP contribution is 2.36. The van der Waals surface area contributed by atoms with Crippen molar-refractivity contribution in [3.63, 3.8) is 0 Å². The normalized spacial score (nSPS) is 18.2. The average molecular weight is 244 g/mol. The predicted molar refractivity (Wildman–Crippen MR) is 65.7 cm³/mol. The van der Waals surface area contributed by atoms with Crippen molar-refractivity contribution in [2.24, 2.45) is 5.41 Å². The van der Waals surface area contributed by atoms with Crippen LogP contribution in [0.15, 0.2) is 0 Å². The molecule has 1 amide bonds. The quantitative estimate of drug-likeness (QED) is 0.521. The van der Waals surface area contributed by atoms with Crippen LogP contribution in [0.25, 0.3) is 0 Å². The zero-order chi connectivity index (χ0) is 12.6. The molecule has 0 aromatic carbocycles. The van der Waals surface area contributed by atoms with Gasteiger partial charge in [0.05, 0.1) is 19.8 Å². The molecule has 0 aromatic rings. The van der Waals surface area contributed by atoms with Gasteiger partial charge in [-0.25, -0.2) is 0 Å². The highest BCUT2D eigenvalue weighted by molar-refractivity contribution is 5.78. The lowest BCUT2D eigenvalue weighted by Crippen LogP contribution is -2.42. The summed E-state index contributed by atoms with van der Waals surface area (Å²) in [6, 6.07) is 0. The van der Waals surface area contributed by atoms with Crippen LogP contribution in [0.2, 0.25) is 0 Å². The summed E-state index contributed by atoms with van der Waals surface area (Å²) in [5.74, 6) is -0.0131. The van der Waals surface area contributed by atoms with Crippen LogP contribution in [-0.2, 0) is 9.53 Å². The molecule has 1 aliphatic rings. The molecule has 1 aliphatic carbocycles.